The molecule has 1 saturated heterocycles. The van der Waals surface area contributed by atoms with E-state index in [1.807, 2.05) is 36.0 Å². The minimum atomic E-state index is -0.428. The first kappa shape index (κ1) is 18.2. The lowest BCUT2D eigenvalue weighted by Crippen LogP contribution is -2.51. The Bertz CT molecular complexity index is 756. The van der Waals surface area contributed by atoms with E-state index in [1.165, 1.54) is 12.1 Å². The minimum Gasteiger partial charge on any atom is -0.508 e. The molecule has 0 spiro atoms. The summed E-state index contributed by atoms with van der Waals surface area (Å²) < 4.78 is 13.2. The summed E-state index contributed by atoms with van der Waals surface area (Å²) in [6, 6.07) is 12.8. The van der Waals surface area contributed by atoms with Crippen molar-refractivity contribution in [2.75, 3.05) is 45.2 Å². The van der Waals surface area contributed by atoms with Gasteiger partial charge in [0.1, 0.15) is 17.6 Å². The van der Waals surface area contributed by atoms with Gasteiger partial charge in [-0.05, 0) is 43.9 Å². The lowest BCUT2D eigenvalue weighted by Gasteiger charge is -2.38. The zero-order valence-corrected chi connectivity index (χ0v) is 15.1. The molecule has 0 aromatic heterocycles. The van der Waals surface area contributed by atoms with Gasteiger partial charge in [0, 0.05) is 37.9 Å². The van der Waals surface area contributed by atoms with Crippen LogP contribution < -0.4 is 4.90 Å². The summed E-state index contributed by atoms with van der Waals surface area (Å²) in [5.74, 6) is -0.0411. The topological polar surface area (TPSA) is 47.0 Å². The van der Waals surface area contributed by atoms with Gasteiger partial charge in [-0.15, -0.1) is 0 Å². The Labute approximate surface area is 153 Å². The van der Waals surface area contributed by atoms with Crippen LogP contribution in [0.2, 0.25) is 0 Å². The number of phenolic OH excluding ortho intramolecular Hbond substituents is 1. The molecular formula is C20H24FN3O2. The SMILES string of the molecule is CN(C)[C@H](C(=O)N1CCN(c2cccc(O)c2)CC1)c1ccc(F)cc1. The Morgan fingerprint density at radius 3 is 2.31 bits per heavy atom. The molecule has 6 heteroatoms. The second kappa shape index (κ2) is 7.74. The van der Waals surface area contributed by atoms with E-state index in [4.69, 9.17) is 0 Å². The number of piperazine rings is 1. The van der Waals surface area contributed by atoms with Crippen LogP contribution in [0.3, 0.4) is 0 Å². The third-order valence-electron chi connectivity index (χ3n) is 4.72. The fraction of sp³-hybridized carbons (Fsp3) is 0.350. The van der Waals surface area contributed by atoms with Gasteiger partial charge in [0.15, 0.2) is 0 Å². The maximum absolute atomic E-state index is 13.2. The van der Waals surface area contributed by atoms with Crippen molar-refractivity contribution in [3.63, 3.8) is 0 Å². The van der Waals surface area contributed by atoms with E-state index in [0.717, 1.165) is 11.3 Å². The Hall–Kier alpha value is -2.60. The van der Waals surface area contributed by atoms with E-state index in [2.05, 4.69) is 4.90 Å². The van der Waals surface area contributed by atoms with Gasteiger partial charge >= 0.3 is 0 Å². The van der Waals surface area contributed by atoms with Crippen LogP contribution in [0.25, 0.3) is 0 Å². The molecule has 0 aliphatic carbocycles. The van der Waals surface area contributed by atoms with Gasteiger partial charge in [0.2, 0.25) is 5.91 Å². The van der Waals surface area contributed by atoms with Gasteiger partial charge in [-0.2, -0.15) is 0 Å². The maximum atomic E-state index is 13.2. The summed E-state index contributed by atoms with van der Waals surface area (Å²) >= 11 is 0. The highest BCUT2D eigenvalue weighted by Crippen LogP contribution is 2.24. The lowest BCUT2D eigenvalue weighted by atomic mass is 10.0. The summed E-state index contributed by atoms with van der Waals surface area (Å²) in [5, 5.41) is 9.64. The quantitative estimate of drug-likeness (QED) is 0.913. The van der Waals surface area contributed by atoms with E-state index in [9.17, 15) is 14.3 Å². The predicted octanol–water partition coefficient (Wildman–Crippen LogP) is 2.48. The third kappa shape index (κ3) is 3.96. The number of phenols is 1. The summed E-state index contributed by atoms with van der Waals surface area (Å²) in [5.41, 5.74) is 1.75. The number of nitrogens with zero attached hydrogens (tertiary/aromatic N) is 3. The molecule has 1 aliphatic heterocycles. The molecule has 5 nitrogen and oxygen atoms in total. The van der Waals surface area contributed by atoms with Gasteiger partial charge in [0.05, 0.1) is 0 Å². The van der Waals surface area contributed by atoms with Gasteiger partial charge in [-0.3, -0.25) is 9.69 Å². The Morgan fingerprint density at radius 2 is 1.73 bits per heavy atom. The smallest absolute Gasteiger partial charge is 0.244 e. The minimum absolute atomic E-state index is 0.0252. The number of hydrogen-bond donors (Lipinski definition) is 1. The molecule has 0 saturated carbocycles. The van der Waals surface area contributed by atoms with Crippen molar-refractivity contribution in [1.29, 1.82) is 0 Å². The molecule has 3 rings (SSSR count). The number of benzene rings is 2. The molecule has 1 atom stereocenters. The van der Waals surface area contributed by atoms with Gasteiger partial charge in [0.25, 0.3) is 0 Å². The number of carbonyl (C=O) groups is 1. The Morgan fingerprint density at radius 1 is 1.08 bits per heavy atom. The zero-order chi connectivity index (χ0) is 18.7. The van der Waals surface area contributed by atoms with Crippen molar-refractivity contribution in [3.8, 4) is 5.75 Å². The average Bonchev–Trinajstić information content (AvgIpc) is 2.63. The molecule has 1 fully saturated rings. The number of likely N-dealkylation sites (N-methyl/N-ethyl adjacent to an activating group) is 1. The first-order chi connectivity index (χ1) is 12.5. The zero-order valence-electron chi connectivity index (χ0n) is 15.1. The van der Waals surface area contributed by atoms with Gasteiger partial charge in [-0.25, -0.2) is 4.39 Å². The van der Waals surface area contributed by atoms with E-state index in [1.54, 1.807) is 24.3 Å². The van der Waals surface area contributed by atoms with Crippen LogP contribution in [-0.4, -0.2) is 61.1 Å². The van der Waals surface area contributed by atoms with Crippen LogP contribution in [0.5, 0.6) is 5.75 Å². The standard InChI is InChI=1S/C20H24FN3O2/c1-22(2)19(15-6-8-16(21)9-7-15)20(26)24-12-10-23(11-13-24)17-4-3-5-18(25)14-17/h3-9,14,19,25H,10-13H2,1-2H3/t19-/m0/s1. The number of aromatic hydroxyl groups is 1. The highest BCUT2D eigenvalue weighted by Gasteiger charge is 2.30. The van der Waals surface area contributed by atoms with Crippen molar-refractivity contribution >= 4 is 11.6 Å². The summed E-state index contributed by atoms with van der Waals surface area (Å²) in [4.78, 5) is 18.9. The molecule has 1 amide bonds. The second-order valence-electron chi connectivity index (χ2n) is 6.75. The van der Waals surface area contributed by atoms with Crippen LogP contribution in [0.4, 0.5) is 10.1 Å². The normalized spacial score (nSPS) is 16.0. The average molecular weight is 357 g/mol. The molecule has 0 unspecified atom stereocenters. The highest BCUT2D eigenvalue weighted by atomic mass is 19.1. The summed E-state index contributed by atoms with van der Waals surface area (Å²) in [6.45, 7) is 2.64. The molecule has 1 aliphatic rings. The van der Waals surface area contributed by atoms with Gasteiger partial charge < -0.3 is 14.9 Å². The van der Waals surface area contributed by atoms with Crippen molar-refractivity contribution < 1.29 is 14.3 Å². The fourth-order valence-corrected chi connectivity index (χ4v) is 3.35. The number of amides is 1. The summed E-state index contributed by atoms with van der Waals surface area (Å²) in [6.07, 6.45) is 0. The predicted molar refractivity (Wildman–Crippen MR) is 99.7 cm³/mol. The molecule has 0 radical (unpaired) electrons. The van der Waals surface area contributed by atoms with Crippen LogP contribution in [0.15, 0.2) is 48.5 Å². The number of rotatable bonds is 4. The van der Waals surface area contributed by atoms with Crippen molar-refractivity contribution in [3.05, 3.63) is 59.9 Å². The number of halogens is 1. The monoisotopic (exact) mass is 357 g/mol. The summed E-state index contributed by atoms with van der Waals surface area (Å²) in [7, 11) is 3.71. The molecular weight excluding hydrogens is 333 g/mol. The van der Waals surface area contributed by atoms with E-state index in [-0.39, 0.29) is 17.5 Å². The highest BCUT2D eigenvalue weighted by molar-refractivity contribution is 5.83. The first-order valence-electron chi connectivity index (χ1n) is 8.70. The Balaban J connectivity index is 1.69. The molecule has 2 aromatic carbocycles. The van der Waals surface area contributed by atoms with E-state index >= 15 is 0 Å². The molecule has 1 N–H and O–H groups in total. The Kier molecular flexibility index (Phi) is 5.42. The number of hydrogen-bond acceptors (Lipinski definition) is 4. The van der Waals surface area contributed by atoms with Crippen molar-refractivity contribution in [2.24, 2.45) is 0 Å². The second-order valence-corrected chi connectivity index (χ2v) is 6.75. The van der Waals surface area contributed by atoms with Crippen LogP contribution in [0, 0.1) is 5.82 Å². The van der Waals surface area contributed by atoms with Gasteiger partial charge in [-0.1, -0.05) is 18.2 Å². The third-order valence-corrected chi connectivity index (χ3v) is 4.72. The largest absolute Gasteiger partial charge is 0.508 e. The molecule has 138 valence electrons. The van der Waals surface area contributed by atoms with Crippen LogP contribution in [0.1, 0.15) is 11.6 Å². The molecule has 2 aromatic rings. The maximum Gasteiger partial charge on any atom is 0.244 e. The molecule has 26 heavy (non-hydrogen) atoms. The van der Waals surface area contributed by atoms with Crippen molar-refractivity contribution in [2.45, 2.75) is 6.04 Å². The molecule has 1 heterocycles. The van der Waals surface area contributed by atoms with E-state index < -0.39 is 6.04 Å². The first-order valence-corrected chi connectivity index (χ1v) is 8.70. The molecule has 0 bridgehead atoms. The van der Waals surface area contributed by atoms with Crippen molar-refractivity contribution in [1.82, 2.24) is 9.80 Å². The van der Waals surface area contributed by atoms with E-state index in [0.29, 0.717) is 26.2 Å². The number of carbonyl (C=O) groups excluding carboxylic acids is 1. The van der Waals surface area contributed by atoms with Crippen LogP contribution in [-0.2, 0) is 4.79 Å². The lowest BCUT2D eigenvalue weighted by molar-refractivity contribution is -0.136. The fourth-order valence-electron chi connectivity index (χ4n) is 3.35. The van der Waals surface area contributed by atoms with Crippen LogP contribution >= 0.6 is 0 Å². The number of anilines is 1.